The molecule has 1 aromatic heterocycles. The van der Waals surface area contributed by atoms with Crippen molar-refractivity contribution in [3.8, 4) is 0 Å². The van der Waals surface area contributed by atoms with Crippen LogP contribution in [0, 0.1) is 5.82 Å². The SMILES string of the molecule is CCc1ccc(Nc2cncc(C(=O)Nc3cccc(F)c3)c2)cc1. The van der Waals surface area contributed by atoms with Crippen LogP contribution in [0.1, 0.15) is 22.8 Å². The van der Waals surface area contributed by atoms with Gasteiger partial charge in [0, 0.05) is 17.6 Å². The summed E-state index contributed by atoms with van der Waals surface area (Å²) in [6.07, 6.45) is 4.10. The van der Waals surface area contributed by atoms with Crippen molar-refractivity contribution < 1.29 is 9.18 Å². The largest absolute Gasteiger partial charge is 0.354 e. The Morgan fingerprint density at radius 2 is 1.80 bits per heavy atom. The average molecular weight is 335 g/mol. The molecular weight excluding hydrogens is 317 g/mol. The summed E-state index contributed by atoms with van der Waals surface area (Å²) < 4.78 is 13.2. The van der Waals surface area contributed by atoms with Crippen LogP contribution in [0.4, 0.5) is 21.5 Å². The van der Waals surface area contributed by atoms with E-state index in [4.69, 9.17) is 0 Å². The molecule has 0 aliphatic carbocycles. The summed E-state index contributed by atoms with van der Waals surface area (Å²) in [6.45, 7) is 2.10. The van der Waals surface area contributed by atoms with E-state index in [1.54, 1.807) is 24.4 Å². The second-order valence-corrected chi connectivity index (χ2v) is 5.60. The Balaban J connectivity index is 1.72. The highest BCUT2D eigenvalue weighted by Crippen LogP contribution is 2.18. The van der Waals surface area contributed by atoms with Gasteiger partial charge in [0.05, 0.1) is 17.4 Å². The van der Waals surface area contributed by atoms with E-state index in [1.165, 1.54) is 23.9 Å². The average Bonchev–Trinajstić information content (AvgIpc) is 2.62. The first-order valence-electron chi connectivity index (χ1n) is 8.02. The molecule has 126 valence electrons. The van der Waals surface area contributed by atoms with Gasteiger partial charge in [0.25, 0.3) is 5.91 Å². The minimum atomic E-state index is -0.401. The van der Waals surface area contributed by atoms with Crippen molar-refractivity contribution in [2.45, 2.75) is 13.3 Å². The van der Waals surface area contributed by atoms with Crippen molar-refractivity contribution in [2.24, 2.45) is 0 Å². The van der Waals surface area contributed by atoms with E-state index < -0.39 is 5.82 Å². The third kappa shape index (κ3) is 4.41. The Morgan fingerprint density at radius 3 is 2.52 bits per heavy atom. The Labute approximate surface area is 145 Å². The summed E-state index contributed by atoms with van der Waals surface area (Å²) in [5, 5.41) is 5.88. The predicted molar refractivity (Wildman–Crippen MR) is 97.7 cm³/mol. The molecule has 0 spiro atoms. The molecule has 3 rings (SSSR count). The number of pyridine rings is 1. The number of nitrogens with zero attached hydrogens (tertiary/aromatic N) is 1. The smallest absolute Gasteiger partial charge is 0.257 e. The van der Waals surface area contributed by atoms with Gasteiger partial charge in [-0.15, -0.1) is 0 Å². The first-order chi connectivity index (χ1) is 12.1. The van der Waals surface area contributed by atoms with Crippen LogP contribution in [0.25, 0.3) is 0 Å². The number of benzene rings is 2. The van der Waals surface area contributed by atoms with Crippen LogP contribution >= 0.6 is 0 Å². The fourth-order valence-electron chi connectivity index (χ4n) is 2.39. The maximum Gasteiger partial charge on any atom is 0.257 e. The van der Waals surface area contributed by atoms with Gasteiger partial charge in [0.1, 0.15) is 5.82 Å². The number of aromatic nitrogens is 1. The molecule has 25 heavy (non-hydrogen) atoms. The monoisotopic (exact) mass is 335 g/mol. The van der Waals surface area contributed by atoms with Crippen LogP contribution in [-0.2, 0) is 6.42 Å². The molecule has 0 aliphatic heterocycles. The molecule has 5 heteroatoms. The number of carbonyl (C=O) groups excluding carboxylic acids is 1. The minimum Gasteiger partial charge on any atom is -0.354 e. The second kappa shape index (κ2) is 7.57. The third-order valence-corrected chi connectivity index (χ3v) is 3.73. The number of halogens is 1. The molecule has 1 amide bonds. The number of rotatable bonds is 5. The summed E-state index contributed by atoms with van der Waals surface area (Å²) in [7, 11) is 0. The molecule has 0 unspecified atom stereocenters. The lowest BCUT2D eigenvalue weighted by Crippen LogP contribution is -2.12. The van der Waals surface area contributed by atoms with Crippen molar-refractivity contribution >= 4 is 23.0 Å². The molecule has 0 fully saturated rings. The summed E-state index contributed by atoms with van der Waals surface area (Å²) in [4.78, 5) is 16.4. The van der Waals surface area contributed by atoms with Gasteiger partial charge in [0.15, 0.2) is 0 Å². The molecule has 0 bridgehead atoms. The van der Waals surface area contributed by atoms with Crippen LogP contribution in [0.5, 0.6) is 0 Å². The zero-order valence-corrected chi connectivity index (χ0v) is 13.8. The molecule has 0 saturated carbocycles. The van der Waals surface area contributed by atoms with Gasteiger partial charge < -0.3 is 10.6 Å². The fraction of sp³-hybridized carbons (Fsp3) is 0.100. The quantitative estimate of drug-likeness (QED) is 0.705. The van der Waals surface area contributed by atoms with Crippen LogP contribution < -0.4 is 10.6 Å². The molecule has 0 atom stereocenters. The molecule has 1 heterocycles. The van der Waals surface area contributed by atoms with Gasteiger partial charge in [-0.25, -0.2) is 4.39 Å². The predicted octanol–water partition coefficient (Wildman–Crippen LogP) is 4.78. The van der Waals surface area contributed by atoms with Crippen molar-refractivity contribution in [1.82, 2.24) is 4.98 Å². The number of amides is 1. The zero-order valence-electron chi connectivity index (χ0n) is 13.8. The highest BCUT2D eigenvalue weighted by atomic mass is 19.1. The van der Waals surface area contributed by atoms with E-state index in [9.17, 15) is 9.18 Å². The van der Waals surface area contributed by atoms with Gasteiger partial charge in [0.2, 0.25) is 0 Å². The first-order valence-corrected chi connectivity index (χ1v) is 8.02. The zero-order chi connectivity index (χ0) is 17.6. The lowest BCUT2D eigenvalue weighted by Gasteiger charge is -2.09. The standard InChI is InChI=1S/C20H18FN3O/c1-2-14-6-8-17(9-7-14)23-19-10-15(12-22-13-19)20(25)24-18-5-3-4-16(21)11-18/h3-13,23H,2H2,1H3,(H,24,25). The van der Waals surface area contributed by atoms with E-state index in [-0.39, 0.29) is 5.91 Å². The summed E-state index contributed by atoms with van der Waals surface area (Å²) in [5.74, 6) is -0.745. The number of hydrogen-bond donors (Lipinski definition) is 2. The first kappa shape index (κ1) is 16.6. The molecule has 0 radical (unpaired) electrons. The molecule has 4 nitrogen and oxygen atoms in total. The third-order valence-electron chi connectivity index (χ3n) is 3.73. The Bertz CT molecular complexity index is 878. The number of nitrogens with one attached hydrogen (secondary N) is 2. The highest BCUT2D eigenvalue weighted by molar-refractivity contribution is 6.04. The Kier molecular flexibility index (Phi) is 5.04. The van der Waals surface area contributed by atoms with Gasteiger partial charge in [-0.3, -0.25) is 9.78 Å². The maximum absolute atomic E-state index is 13.2. The molecule has 3 aromatic rings. The van der Waals surface area contributed by atoms with Crippen molar-refractivity contribution in [3.05, 3.63) is 83.9 Å². The van der Waals surface area contributed by atoms with E-state index in [0.717, 1.165) is 12.1 Å². The van der Waals surface area contributed by atoms with Gasteiger partial charge in [-0.05, 0) is 48.4 Å². The van der Waals surface area contributed by atoms with Gasteiger partial charge >= 0.3 is 0 Å². The Morgan fingerprint density at radius 1 is 1.00 bits per heavy atom. The van der Waals surface area contributed by atoms with E-state index in [1.807, 2.05) is 12.1 Å². The lowest BCUT2D eigenvalue weighted by atomic mass is 10.1. The van der Waals surface area contributed by atoms with E-state index in [0.29, 0.717) is 16.9 Å². The van der Waals surface area contributed by atoms with Gasteiger partial charge in [-0.2, -0.15) is 0 Å². The topological polar surface area (TPSA) is 54.0 Å². The number of hydrogen-bond acceptors (Lipinski definition) is 3. The maximum atomic E-state index is 13.2. The van der Waals surface area contributed by atoms with Crippen molar-refractivity contribution in [2.75, 3.05) is 10.6 Å². The number of anilines is 3. The van der Waals surface area contributed by atoms with Crippen LogP contribution in [0.15, 0.2) is 67.0 Å². The lowest BCUT2D eigenvalue weighted by molar-refractivity contribution is 0.102. The van der Waals surface area contributed by atoms with Crippen molar-refractivity contribution in [3.63, 3.8) is 0 Å². The summed E-state index contributed by atoms with van der Waals surface area (Å²) in [6, 6.07) is 15.5. The molecule has 2 N–H and O–H groups in total. The molecule has 2 aromatic carbocycles. The van der Waals surface area contributed by atoms with E-state index in [2.05, 4.69) is 34.7 Å². The highest BCUT2D eigenvalue weighted by Gasteiger charge is 2.08. The minimum absolute atomic E-state index is 0.344. The molecule has 0 aliphatic rings. The molecule has 0 saturated heterocycles. The Hall–Kier alpha value is -3.21. The summed E-state index contributed by atoms with van der Waals surface area (Å²) >= 11 is 0. The van der Waals surface area contributed by atoms with Crippen molar-refractivity contribution in [1.29, 1.82) is 0 Å². The van der Waals surface area contributed by atoms with Crippen LogP contribution in [0.3, 0.4) is 0 Å². The van der Waals surface area contributed by atoms with Crippen LogP contribution in [0.2, 0.25) is 0 Å². The second-order valence-electron chi connectivity index (χ2n) is 5.60. The van der Waals surface area contributed by atoms with Gasteiger partial charge in [-0.1, -0.05) is 25.1 Å². The number of aryl methyl sites for hydroxylation is 1. The molecular formula is C20H18FN3O. The fourth-order valence-corrected chi connectivity index (χ4v) is 2.39. The van der Waals surface area contributed by atoms with E-state index >= 15 is 0 Å². The summed E-state index contributed by atoms with van der Waals surface area (Å²) in [5.41, 5.74) is 3.67. The normalized spacial score (nSPS) is 10.3. The van der Waals surface area contributed by atoms with Crippen LogP contribution in [-0.4, -0.2) is 10.9 Å². The number of carbonyl (C=O) groups is 1.